The third kappa shape index (κ3) is 3.53. The predicted octanol–water partition coefficient (Wildman–Crippen LogP) is 4.21. The zero-order valence-electron chi connectivity index (χ0n) is 14.3. The van der Waals surface area contributed by atoms with Crippen molar-refractivity contribution in [3.05, 3.63) is 41.9 Å². The lowest BCUT2D eigenvalue weighted by Crippen LogP contribution is -2.06. The maximum atomic E-state index is 12.9. The molecule has 0 aliphatic heterocycles. The Labute approximate surface area is 154 Å². The van der Waals surface area contributed by atoms with Crippen LogP contribution in [0.4, 0.5) is 13.2 Å². The minimum atomic E-state index is -4.50. The number of fused-ring (bicyclic) bond motifs is 1. The van der Waals surface area contributed by atoms with Gasteiger partial charge >= 0.3 is 6.18 Å². The molecule has 0 spiro atoms. The maximum absolute atomic E-state index is 12.9. The van der Waals surface area contributed by atoms with Crippen LogP contribution in [0.5, 0.6) is 0 Å². The second kappa shape index (κ2) is 6.59. The molecule has 6 nitrogen and oxygen atoms in total. The molecule has 0 saturated heterocycles. The van der Waals surface area contributed by atoms with Crippen LogP contribution in [0.2, 0.25) is 0 Å². The number of pyridine rings is 1. The van der Waals surface area contributed by atoms with E-state index in [1.165, 1.54) is 10.7 Å². The van der Waals surface area contributed by atoms with Gasteiger partial charge in [-0.2, -0.15) is 28.9 Å². The van der Waals surface area contributed by atoms with Gasteiger partial charge in [0.2, 0.25) is 0 Å². The highest BCUT2D eigenvalue weighted by Gasteiger charge is 2.31. The second-order valence-corrected chi connectivity index (χ2v) is 7.45. The van der Waals surface area contributed by atoms with E-state index in [1.54, 1.807) is 13.1 Å². The van der Waals surface area contributed by atoms with Crippen LogP contribution in [0.15, 0.2) is 40.0 Å². The number of rotatable bonds is 4. The first kappa shape index (κ1) is 17.9. The Morgan fingerprint density at radius 2 is 2.07 bits per heavy atom. The highest BCUT2D eigenvalue weighted by Crippen LogP contribution is 2.41. The topological polar surface area (TPSA) is 72.5 Å². The summed E-state index contributed by atoms with van der Waals surface area (Å²) in [5, 5.41) is 3.77. The van der Waals surface area contributed by atoms with Gasteiger partial charge in [-0.15, -0.1) is 0 Å². The molecule has 3 aromatic heterocycles. The Bertz CT molecular complexity index is 1100. The summed E-state index contributed by atoms with van der Waals surface area (Å²) in [5.74, 6) is 0.418. The molecule has 1 fully saturated rings. The van der Waals surface area contributed by atoms with Gasteiger partial charge < -0.3 is 8.57 Å². The van der Waals surface area contributed by atoms with Gasteiger partial charge in [0.25, 0.3) is 0 Å². The molecular weight excluding hydrogens is 379 g/mol. The van der Waals surface area contributed by atoms with Crippen LogP contribution in [0.1, 0.15) is 36.8 Å². The minimum absolute atomic E-state index is 0.0389. The van der Waals surface area contributed by atoms with Crippen LogP contribution in [0, 0.1) is 0 Å². The fourth-order valence-electron chi connectivity index (χ4n) is 2.76. The molecule has 0 radical (unpaired) electrons. The molecule has 0 atom stereocenters. The molecule has 3 heterocycles. The van der Waals surface area contributed by atoms with E-state index >= 15 is 0 Å². The van der Waals surface area contributed by atoms with Crippen molar-refractivity contribution in [2.75, 3.05) is 6.54 Å². The largest absolute Gasteiger partial charge is 0.440 e. The van der Waals surface area contributed by atoms with Crippen molar-refractivity contribution in [1.82, 2.24) is 19.6 Å². The predicted molar refractivity (Wildman–Crippen MR) is 92.5 cm³/mol. The molecule has 1 aliphatic rings. The minimum Gasteiger partial charge on any atom is -0.440 e. The van der Waals surface area contributed by atoms with E-state index in [1.807, 2.05) is 6.07 Å². The van der Waals surface area contributed by atoms with E-state index in [9.17, 15) is 17.4 Å². The zero-order valence-corrected chi connectivity index (χ0v) is 15.1. The Morgan fingerprint density at radius 1 is 1.30 bits per heavy atom. The Hall–Kier alpha value is -2.49. The van der Waals surface area contributed by atoms with E-state index in [0.717, 1.165) is 30.7 Å². The average Bonchev–Trinajstić information content (AvgIpc) is 3.39. The number of aromatic nitrogens is 4. The van der Waals surface area contributed by atoms with Gasteiger partial charge in [-0.05, 0) is 37.3 Å². The maximum Gasteiger partial charge on any atom is 0.418 e. The van der Waals surface area contributed by atoms with Gasteiger partial charge in [-0.3, -0.25) is 4.98 Å². The van der Waals surface area contributed by atoms with Crippen molar-refractivity contribution in [2.45, 2.75) is 36.8 Å². The quantitative estimate of drug-likeness (QED) is 0.622. The summed E-state index contributed by atoms with van der Waals surface area (Å²) >= 11 is 0. The van der Waals surface area contributed by atoms with Crippen LogP contribution in [-0.2, 0) is 21.0 Å². The summed E-state index contributed by atoms with van der Waals surface area (Å²) in [4.78, 5) is 9.03. The summed E-state index contributed by atoms with van der Waals surface area (Å²) in [6.07, 6.45) is 1.55. The molecule has 4 rings (SSSR count). The Morgan fingerprint density at radius 3 is 2.74 bits per heavy atom. The highest BCUT2D eigenvalue weighted by molar-refractivity contribution is 7.75. The number of halogens is 3. The van der Waals surface area contributed by atoms with Crippen LogP contribution in [-0.4, -0.2) is 26.1 Å². The number of hydrogen-bond acceptors (Lipinski definition) is 6. The molecule has 0 aromatic carbocycles. The number of hydrogen-bond donors (Lipinski definition) is 0. The van der Waals surface area contributed by atoms with Crippen molar-refractivity contribution in [1.29, 1.82) is 0 Å². The van der Waals surface area contributed by atoms with E-state index in [-0.39, 0.29) is 5.65 Å². The lowest BCUT2D eigenvalue weighted by molar-refractivity contribution is -0.137. The molecule has 1 saturated carbocycles. The molecule has 0 bridgehead atoms. The van der Waals surface area contributed by atoms with Crippen LogP contribution < -0.4 is 0 Å². The van der Waals surface area contributed by atoms with Gasteiger partial charge in [-0.25, -0.2) is 9.50 Å². The zero-order chi connectivity index (χ0) is 19.2. The van der Waals surface area contributed by atoms with Crippen molar-refractivity contribution in [3.63, 3.8) is 0 Å². The lowest BCUT2D eigenvalue weighted by Gasteiger charge is -2.12. The lowest BCUT2D eigenvalue weighted by atomic mass is 10.1. The third-order valence-corrected chi connectivity index (χ3v) is 5.43. The van der Waals surface area contributed by atoms with E-state index in [0.29, 0.717) is 28.7 Å². The van der Waals surface area contributed by atoms with E-state index < -0.39 is 22.3 Å². The second-order valence-electron chi connectivity index (χ2n) is 6.26. The molecule has 27 heavy (non-hydrogen) atoms. The highest BCUT2D eigenvalue weighted by atomic mass is 32.2. The van der Waals surface area contributed by atoms with Gasteiger partial charge in [0.05, 0.1) is 23.7 Å². The van der Waals surface area contributed by atoms with E-state index in [4.69, 9.17) is 0 Å². The first-order valence-electron chi connectivity index (χ1n) is 8.39. The molecule has 0 unspecified atom stereocenters. The van der Waals surface area contributed by atoms with Gasteiger partial charge in [-0.1, -0.05) is 11.0 Å². The van der Waals surface area contributed by atoms with Crippen LogP contribution in [0.25, 0.3) is 17.0 Å². The average molecular weight is 394 g/mol. The third-order valence-electron chi connectivity index (χ3n) is 4.25. The van der Waals surface area contributed by atoms with Crippen molar-refractivity contribution < 1.29 is 17.4 Å². The number of imidazole rings is 1. The smallest absolute Gasteiger partial charge is 0.418 e. The van der Waals surface area contributed by atoms with Crippen LogP contribution >= 0.6 is 0 Å². The molecule has 0 N–H and O–H groups in total. The summed E-state index contributed by atoms with van der Waals surface area (Å²) < 4.78 is 56.5. The van der Waals surface area contributed by atoms with Crippen molar-refractivity contribution in [2.24, 2.45) is 4.36 Å². The first-order chi connectivity index (χ1) is 12.9. The summed E-state index contributed by atoms with van der Waals surface area (Å²) in [7, 11) is -1.62. The fraction of sp³-hybridized carbons (Fsp3) is 0.353. The fourth-order valence-corrected chi connectivity index (χ4v) is 3.69. The number of nitrogens with zero attached hydrogens (tertiary/aromatic N) is 5. The van der Waals surface area contributed by atoms with E-state index in [2.05, 4.69) is 19.4 Å². The Balaban J connectivity index is 1.84. The molecular formula is C17H15F3N5OS-. The standard InChI is InChI=1S/C17H15F3N5OS/c1-2-23-27(26)14-5-11(10-3-4-10)7-21-16(14)13-9-25-15(24-13)6-12(8-22-25)17(18,19)20/h5-10H,2-4H2,1H3/q-1. The first-order valence-corrected chi connectivity index (χ1v) is 9.50. The van der Waals surface area contributed by atoms with Crippen LogP contribution in [0.3, 0.4) is 0 Å². The summed E-state index contributed by atoms with van der Waals surface area (Å²) in [6.45, 7) is 2.16. The normalized spacial score (nSPS) is 16.1. The summed E-state index contributed by atoms with van der Waals surface area (Å²) in [5.41, 5.74) is 0.800. The Kier molecular flexibility index (Phi) is 4.37. The number of alkyl halides is 3. The van der Waals surface area contributed by atoms with Gasteiger partial charge in [0, 0.05) is 12.7 Å². The van der Waals surface area contributed by atoms with Gasteiger partial charge in [0.15, 0.2) is 5.65 Å². The molecule has 142 valence electrons. The SMILES string of the molecule is CCN=[S-](=O)c1cc(C2CC2)cnc1-c1cn2ncc(C(F)(F)F)cc2n1. The monoisotopic (exact) mass is 394 g/mol. The molecule has 1 aliphatic carbocycles. The molecule has 10 heteroatoms. The molecule has 0 amide bonds. The summed E-state index contributed by atoms with van der Waals surface area (Å²) in [6, 6.07) is 2.73. The molecule has 3 aromatic rings. The van der Waals surface area contributed by atoms with Crippen molar-refractivity contribution in [3.8, 4) is 11.4 Å². The van der Waals surface area contributed by atoms with Crippen molar-refractivity contribution >= 4 is 16.2 Å². The van der Waals surface area contributed by atoms with Gasteiger partial charge in [0.1, 0.15) is 5.69 Å².